The van der Waals surface area contributed by atoms with Crippen molar-refractivity contribution in [3.05, 3.63) is 23.9 Å². The van der Waals surface area contributed by atoms with Gasteiger partial charge in [0.25, 0.3) is 0 Å². The summed E-state index contributed by atoms with van der Waals surface area (Å²) in [6, 6.07) is 2.53. The molecule has 2 heterocycles. The monoisotopic (exact) mass is 391 g/mol. The number of ether oxygens (including phenoxy) is 2. The van der Waals surface area contributed by atoms with E-state index >= 15 is 0 Å². The number of halogens is 5. The Labute approximate surface area is 149 Å². The number of morpholine rings is 1. The summed E-state index contributed by atoms with van der Waals surface area (Å²) in [5.41, 5.74) is 0.595. The number of aromatic nitrogens is 1. The molecule has 1 atom stereocenters. The Balaban J connectivity index is 0.00000264. The van der Waals surface area contributed by atoms with Crippen LogP contribution in [0.2, 0.25) is 0 Å². The van der Waals surface area contributed by atoms with Crippen LogP contribution >= 0.6 is 24.8 Å². The van der Waals surface area contributed by atoms with Gasteiger partial charge in [0.05, 0.1) is 13.2 Å². The highest BCUT2D eigenvalue weighted by molar-refractivity contribution is 5.85. The molecule has 0 radical (unpaired) electrons. The summed E-state index contributed by atoms with van der Waals surface area (Å²) in [5, 5.41) is 5.69. The van der Waals surface area contributed by atoms with Gasteiger partial charge in [0.2, 0.25) is 11.8 Å². The van der Waals surface area contributed by atoms with E-state index in [-0.39, 0.29) is 43.1 Å². The molecule has 1 aliphatic heterocycles. The first kappa shape index (κ1) is 22.7. The van der Waals surface area contributed by atoms with Crippen LogP contribution in [0.1, 0.15) is 5.56 Å². The molecule has 1 aromatic heterocycles. The average Bonchev–Trinajstić information content (AvgIpc) is 2.51. The van der Waals surface area contributed by atoms with E-state index in [9.17, 15) is 18.0 Å². The molecule has 1 fully saturated rings. The fourth-order valence-corrected chi connectivity index (χ4v) is 1.84. The minimum Gasteiger partial charge on any atom is -0.468 e. The number of nitrogens with one attached hydrogen (secondary N) is 2. The third kappa shape index (κ3) is 8.00. The third-order valence-electron chi connectivity index (χ3n) is 2.89. The maximum absolute atomic E-state index is 12.1. The number of carbonyl (C=O) groups is 1. The van der Waals surface area contributed by atoms with Crippen molar-refractivity contribution in [2.24, 2.45) is 0 Å². The van der Waals surface area contributed by atoms with E-state index in [1.807, 2.05) is 0 Å². The first-order chi connectivity index (χ1) is 10.4. The lowest BCUT2D eigenvalue weighted by molar-refractivity contribution is -0.154. The van der Waals surface area contributed by atoms with Crippen molar-refractivity contribution in [3.8, 4) is 5.88 Å². The number of alkyl halides is 3. The Morgan fingerprint density at radius 3 is 2.83 bits per heavy atom. The Morgan fingerprint density at radius 1 is 1.46 bits per heavy atom. The lowest BCUT2D eigenvalue weighted by atomic mass is 10.2. The van der Waals surface area contributed by atoms with E-state index in [2.05, 4.69) is 20.4 Å². The fourth-order valence-electron chi connectivity index (χ4n) is 1.84. The summed E-state index contributed by atoms with van der Waals surface area (Å²) in [7, 11) is 0. The van der Waals surface area contributed by atoms with E-state index in [1.165, 1.54) is 12.3 Å². The molecule has 138 valence electrons. The van der Waals surface area contributed by atoms with Crippen molar-refractivity contribution in [2.45, 2.75) is 18.8 Å². The van der Waals surface area contributed by atoms with Gasteiger partial charge in [-0.05, 0) is 11.6 Å². The first-order valence-electron chi connectivity index (χ1n) is 6.67. The Kier molecular flexibility index (Phi) is 9.98. The standard InChI is InChI=1S/C13H16F3N3O3.2ClH/c14-13(15,16)8-22-11-5-9(1-2-18-11)6-19-12(20)10-7-21-4-3-17-10;;/h1-2,5,10,17H,3-4,6-8H2,(H,19,20);2*1H. The summed E-state index contributed by atoms with van der Waals surface area (Å²) < 4.78 is 46.0. The Bertz CT molecular complexity index is 515. The second-order valence-corrected chi connectivity index (χ2v) is 4.71. The average molecular weight is 392 g/mol. The molecule has 11 heteroatoms. The van der Waals surface area contributed by atoms with Crippen molar-refractivity contribution in [2.75, 3.05) is 26.4 Å². The lowest BCUT2D eigenvalue weighted by Gasteiger charge is -2.22. The van der Waals surface area contributed by atoms with Gasteiger partial charge < -0.3 is 20.1 Å². The Hall–Kier alpha value is -1.29. The minimum atomic E-state index is -4.42. The summed E-state index contributed by atoms with van der Waals surface area (Å²) in [4.78, 5) is 15.6. The minimum absolute atomic E-state index is 0. The second-order valence-electron chi connectivity index (χ2n) is 4.71. The van der Waals surface area contributed by atoms with Crippen molar-refractivity contribution in [3.63, 3.8) is 0 Å². The van der Waals surface area contributed by atoms with Crippen LogP contribution < -0.4 is 15.4 Å². The summed E-state index contributed by atoms with van der Waals surface area (Å²) in [6.07, 6.45) is -3.09. The van der Waals surface area contributed by atoms with Gasteiger partial charge in [0.1, 0.15) is 6.04 Å². The predicted octanol–water partition coefficient (Wildman–Crippen LogP) is 1.47. The number of rotatable bonds is 5. The molecule has 0 spiro atoms. The first-order valence-corrected chi connectivity index (χ1v) is 6.67. The molecule has 0 aliphatic carbocycles. The zero-order valence-corrected chi connectivity index (χ0v) is 14.1. The summed E-state index contributed by atoms with van der Waals surface area (Å²) in [5.74, 6) is -0.363. The summed E-state index contributed by atoms with van der Waals surface area (Å²) >= 11 is 0. The molecule has 2 rings (SSSR count). The molecule has 1 aromatic rings. The molecule has 1 saturated heterocycles. The molecule has 0 bridgehead atoms. The molecular weight excluding hydrogens is 374 g/mol. The van der Waals surface area contributed by atoms with E-state index in [0.29, 0.717) is 25.3 Å². The second kappa shape index (κ2) is 10.5. The molecule has 0 aromatic carbocycles. The van der Waals surface area contributed by atoms with Crippen LogP contribution in [0.4, 0.5) is 13.2 Å². The van der Waals surface area contributed by atoms with Gasteiger partial charge in [-0.15, -0.1) is 24.8 Å². The van der Waals surface area contributed by atoms with E-state index in [4.69, 9.17) is 4.74 Å². The number of pyridine rings is 1. The molecule has 0 saturated carbocycles. The van der Waals surface area contributed by atoms with Gasteiger partial charge in [-0.2, -0.15) is 13.2 Å². The topological polar surface area (TPSA) is 72.5 Å². The largest absolute Gasteiger partial charge is 0.468 e. The highest BCUT2D eigenvalue weighted by Gasteiger charge is 2.28. The molecule has 24 heavy (non-hydrogen) atoms. The van der Waals surface area contributed by atoms with Crippen LogP contribution in [0.5, 0.6) is 5.88 Å². The van der Waals surface area contributed by atoms with Crippen molar-refractivity contribution < 1.29 is 27.4 Å². The molecule has 1 amide bonds. The van der Waals surface area contributed by atoms with Gasteiger partial charge >= 0.3 is 6.18 Å². The van der Waals surface area contributed by atoms with Crippen LogP contribution in [0.25, 0.3) is 0 Å². The smallest absolute Gasteiger partial charge is 0.422 e. The molecular formula is C13H18Cl2F3N3O3. The number of hydrogen-bond donors (Lipinski definition) is 2. The van der Waals surface area contributed by atoms with E-state index in [0.717, 1.165) is 0 Å². The van der Waals surface area contributed by atoms with Gasteiger partial charge in [-0.1, -0.05) is 0 Å². The van der Waals surface area contributed by atoms with Gasteiger partial charge in [0.15, 0.2) is 6.61 Å². The zero-order valence-electron chi connectivity index (χ0n) is 12.5. The van der Waals surface area contributed by atoms with Crippen molar-refractivity contribution in [1.29, 1.82) is 0 Å². The van der Waals surface area contributed by atoms with Crippen LogP contribution in [-0.2, 0) is 16.1 Å². The maximum Gasteiger partial charge on any atom is 0.422 e. The molecule has 1 aliphatic rings. The van der Waals surface area contributed by atoms with Crippen molar-refractivity contribution in [1.82, 2.24) is 15.6 Å². The van der Waals surface area contributed by atoms with Crippen LogP contribution in [-0.4, -0.2) is 49.5 Å². The lowest BCUT2D eigenvalue weighted by Crippen LogP contribution is -2.51. The van der Waals surface area contributed by atoms with Crippen molar-refractivity contribution >= 4 is 30.7 Å². The third-order valence-corrected chi connectivity index (χ3v) is 2.89. The number of amides is 1. The Morgan fingerprint density at radius 2 is 2.21 bits per heavy atom. The van der Waals surface area contributed by atoms with Gasteiger partial charge in [0, 0.05) is 25.4 Å². The normalized spacial score (nSPS) is 17.2. The number of hydrogen-bond acceptors (Lipinski definition) is 5. The van der Waals surface area contributed by atoms with Crippen LogP contribution in [0, 0.1) is 0 Å². The highest BCUT2D eigenvalue weighted by atomic mass is 35.5. The SMILES string of the molecule is Cl.Cl.O=C(NCc1ccnc(OCC(F)(F)F)c1)C1COCCN1. The van der Waals surface area contributed by atoms with E-state index in [1.54, 1.807) is 6.07 Å². The quantitative estimate of drug-likeness (QED) is 0.794. The fraction of sp³-hybridized carbons (Fsp3) is 0.538. The zero-order chi connectivity index (χ0) is 16.0. The highest BCUT2D eigenvalue weighted by Crippen LogP contribution is 2.17. The van der Waals surface area contributed by atoms with Gasteiger partial charge in [-0.25, -0.2) is 4.98 Å². The molecule has 6 nitrogen and oxygen atoms in total. The van der Waals surface area contributed by atoms with E-state index < -0.39 is 18.8 Å². The molecule has 1 unspecified atom stereocenters. The number of nitrogens with zero attached hydrogens (tertiary/aromatic N) is 1. The molecule has 2 N–H and O–H groups in total. The maximum atomic E-state index is 12.1. The van der Waals surface area contributed by atoms with Gasteiger partial charge in [-0.3, -0.25) is 4.79 Å². The summed E-state index contributed by atoms with van der Waals surface area (Å²) in [6.45, 7) is 0.222. The predicted molar refractivity (Wildman–Crippen MR) is 84.7 cm³/mol. The van der Waals surface area contributed by atoms with Crippen LogP contribution in [0.15, 0.2) is 18.3 Å². The van der Waals surface area contributed by atoms with Crippen LogP contribution in [0.3, 0.4) is 0 Å². The number of carbonyl (C=O) groups excluding carboxylic acids is 1.